The van der Waals surface area contributed by atoms with Gasteiger partial charge in [-0.15, -0.1) is 0 Å². The van der Waals surface area contributed by atoms with Crippen LogP contribution in [0.25, 0.3) is 0 Å². The Balaban J connectivity index is 2.67. The maximum absolute atomic E-state index is 12.0. The number of ether oxygens (including phenoxy) is 2. The van der Waals surface area contributed by atoms with Gasteiger partial charge in [0.15, 0.2) is 0 Å². The average molecular weight is 431 g/mol. The van der Waals surface area contributed by atoms with Crippen molar-refractivity contribution in [1.82, 2.24) is 0 Å². The first-order chi connectivity index (χ1) is 14.8. The molecular formula is C25H34O6. The first kappa shape index (κ1) is 24.8. The van der Waals surface area contributed by atoms with E-state index in [9.17, 15) is 19.8 Å². The van der Waals surface area contributed by atoms with E-state index in [1.807, 2.05) is 13.8 Å². The van der Waals surface area contributed by atoms with Crippen molar-refractivity contribution in [3.05, 3.63) is 47.1 Å². The Morgan fingerprint density at radius 1 is 1.10 bits per heavy atom. The highest BCUT2D eigenvalue weighted by Gasteiger charge is 2.32. The van der Waals surface area contributed by atoms with Crippen molar-refractivity contribution >= 4 is 11.9 Å². The number of benzene rings is 1. The predicted molar refractivity (Wildman–Crippen MR) is 119 cm³/mol. The molecule has 2 atom stereocenters. The van der Waals surface area contributed by atoms with Gasteiger partial charge in [0.05, 0.1) is 0 Å². The lowest BCUT2D eigenvalue weighted by molar-refractivity contribution is -0.137. The number of hydrogen-bond acceptors (Lipinski definition) is 6. The Bertz CT molecular complexity index is 799. The van der Waals surface area contributed by atoms with Crippen LogP contribution in [-0.4, -0.2) is 35.4 Å². The molecule has 170 valence electrons. The van der Waals surface area contributed by atoms with Crippen molar-refractivity contribution in [2.75, 3.05) is 13.2 Å². The van der Waals surface area contributed by atoms with E-state index in [0.29, 0.717) is 5.56 Å². The minimum Gasteiger partial charge on any atom is -0.424 e. The van der Waals surface area contributed by atoms with Gasteiger partial charge < -0.3 is 19.7 Å². The number of allylic oxidation sites excluding steroid dienone is 3. The van der Waals surface area contributed by atoms with Crippen LogP contribution in [0.1, 0.15) is 69.9 Å². The van der Waals surface area contributed by atoms with Crippen molar-refractivity contribution in [1.29, 1.82) is 0 Å². The van der Waals surface area contributed by atoms with Crippen LogP contribution in [0, 0.1) is 5.92 Å². The molecule has 0 saturated heterocycles. The fourth-order valence-electron chi connectivity index (χ4n) is 4.09. The number of esters is 2. The van der Waals surface area contributed by atoms with Crippen molar-refractivity contribution < 1.29 is 29.3 Å². The number of carbonyl (C=O) groups is 2. The van der Waals surface area contributed by atoms with Crippen LogP contribution in [0.3, 0.4) is 0 Å². The number of rotatable bonds is 10. The summed E-state index contributed by atoms with van der Waals surface area (Å²) in [5.74, 6) is -1.15. The molecule has 0 fully saturated rings. The van der Waals surface area contributed by atoms with Gasteiger partial charge in [0.1, 0.15) is 24.7 Å². The molecule has 2 rings (SSSR count). The standard InChI is InChI=1S/C25H34O6/c1-5-6-7-8-18-12-21(30-23(28)14-26)25(22(13-18)31-24(29)15-27)20-11-17(4)9-10-19(20)16(2)3/h11-13,19-20,26-27H,2,5-10,14-15H2,1,3-4H3/t19-,20+/m0/s1. The van der Waals surface area contributed by atoms with Crippen LogP contribution in [0.2, 0.25) is 0 Å². The molecule has 0 aromatic heterocycles. The molecule has 1 aromatic rings. The summed E-state index contributed by atoms with van der Waals surface area (Å²) in [5, 5.41) is 18.5. The highest BCUT2D eigenvalue weighted by Crippen LogP contribution is 2.47. The molecule has 0 heterocycles. The molecule has 6 nitrogen and oxygen atoms in total. The van der Waals surface area contributed by atoms with Crippen molar-refractivity contribution in [2.24, 2.45) is 5.92 Å². The summed E-state index contributed by atoms with van der Waals surface area (Å²) in [6.07, 6.45) is 7.67. The lowest BCUT2D eigenvalue weighted by Crippen LogP contribution is -2.22. The number of carbonyl (C=O) groups excluding carboxylic acids is 2. The molecule has 0 bridgehead atoms. The molecule has 1 aromatic carbocycles. The maximum Gasteiger partial charge on any atom is 0.337 e. The van der Waals surface area contributed by atoms with Crippen LogP contribution in [-0.2, 0) is 16.0 Å². The first-order valence-corrected chi connectivity index (χ1v) is 10.9. The van der Waals surface area contributed by atoms with Crippen LogP contribution >= 0.6 is 0 Å². The zero-order valence-electron chi connectivity index (χ0n) is 18.8. The SMILES string of the molecule is C=C(C)[C@@H]1CCC(C)=C[C@H]1c1c(OC(=O)CO)cc(CCCCC)cc1OC(=O)CO. The van der Waals surface area contributed by atoms with Gasteiger partial charge in [0.2, 0.25) is 0 Å². The van der Waals surface area contributed by atoms with E-state index >= 15 is 0 Å². The number of aryl methyl sites for hydroxylation is 1. The van der Waals surface area contributed by atoms with Crippen LogP contribution < -0.4 is 9.47 Å². The van der Waals surface area contributed by atoms with E-state index < -0.39 is 25.2 Å². The van der Waals surface area contributed by atoms with Crippen LogP contribution in [0.5, 0.6) is 11.5 Å². The van der Waals surface area contributed by atoms with Gasteiger partial charge in [-0.05, 0) is 63.1 Å². The maximum atomic E-state index is 12.0. The Morgan fingerprint density at radius 2 is 1.68 bits per heavy atom. The third kappa shape index (κ3) is 6.77. The van der Waals surface area contributed by atoms with Gasteiger partial charge >= 0.3 is 11.9 Å². The minimum atomic E-state index is -0.783. The summed E-state index contributed by atoms with van der Waals surface area (Å²) >= 11 is 0. The summed E-state index contributed by atoms with van der Waals surface area (Å²) in [7, 11) is 0. The second-order valence-electron chi connectivity index (χ2n) is 8.26. The zero-order chi connectivity index (χ0) is 23.0. The highest BCUT2D eigenvalue weighted by atomic mass is 16.6. The molecule has 0 amide bonds. The van der Waals surface area contributed by atoms with E-state index in [0.717, 1.165) is 49.7 Å². The zero-order valence-corrected chi connectivity index (χ0v) is 18.8. The Labute approximate surface area is 184 Å². The Hall–Kier alpha value is -2.44. The molecule has 0 saturated carbocycles. The van der Waals surface area contributed by atoms with Gasteiger partial charge in [0.25, 0.3) is 0 Å². The molecule has 6 heteroatoms. The van der Waals surface area contributed by atoms with E-state index in [1.54, 1.807) is 12.1 Å². The third-order valence-corrected chi connectivity index (χ3v) is 5.65. The van der Waals surface area contributed by atoms with E-state index in [2.05, 4.69) is 19.6 Å². The Morgan fingerprint density at radius 3 is 2.16 bits per heavy atom. The fourth-order valence-corrected chi connectivity index (χ4v) is 4.09. The lowest BCUT2D eigenvalue weighted by atomic mass is 9.73. The lowest BCUT2D eigenvalue weighted by Gasteiger charge is -2.32. The molecule has 0 spiro atoms. The quantitative estimate of drug-likeness (QED) is 0.250. The number of unbranched alkanes of at least 4 members (excludes halogenated alkanes) is 2. The first-order valence-electron chi connectivity index (χ1n) is 10.9. The van der Waals surface area contributed by atoms with Crippen LogP contribution in [0.15, 0.2) is 35.9 Å². The summed E-state index contributed by atoms with van der Waals surface area (Å²) in [4.78, 5) is 24.0. The Kier molecular flexibility index (Phi) is 9.46. The van der Waals surface area contributed by atoms with E-state index in [1.165, 1.54) is 5.57 Å². The largest absolute Gasteiger partial charge is 0.424 e. The van der Waals surface area contributed by atoms with Crippen molar-refractivity contribution in [3.63, 3.8) is 0 Å². The summed E-state index contributed by atoms with van der Waals surface area (Å²) in [6.45, 7) is 8.74. The van der Waals surface area contributed by atoms with Gasteiger partial charge in [-0.25, -0.2) is 9.59 Å². The number of aliphatic hydroxyl groups excluding tert-OH is 2. The molecule has 1 aliphatic rings. The van der Waals surface area contributed by atoms with Gasteiger partial charge in [-0.2, -0.15) is 0 Å². The predicted octanol–water partition coefficient (Wildman–Crippen LogP) is 4.23. The van der Waals surface area contributed by atoms with Gasteiger partial charge in [-0.1, -0.05) is 43.6 Å². The molecule has 0 unspecified atom stereocenters. The molecule has 1 aliphatic carbocycles. The van der Waals surface area contributed by atoms with Crippen molar-refractivity contribution in [3.8, 4) is 11.5 Å². The molecule has 0 radical (unpaired) electrons. The number of aliphatic hydroxyl groups is 2. The fraction of sp³-hybridized carbons (Fsp3) is 0.520. The van der Waals surface area contributed by atoms with Gasteiger partial charge in [0, 0.05) is 11.5 Å². The average Bonchev–Trinajstić information content (AvgIpc) is 2.73. The van der Waals surface area contributed by atoms with E-state index in [-0.39, 0.29) is 23.3 Å². The van der Waals surface area contributed by atoms with Gasteiger partial charge in [-0.3, -0.25) is 0 Å². The molecular weight excluding hydrogens is 396 g/mol. The molecule has 0 aliphatic heterocycles. The van der Waals surface area contributed by atoms with E-state index in [4.69, 9.17) is 9.47 Å². The van der Waals surface area contributed by atoms with Crippen molar-refractivity contribution in [2.45, 2.75) is 65.2 Å². The second kappa shape index (κ2) is 11.8. The highest BCUT2D eigenvalue weighted by molar-refractivity contribution is 5.77. The summed E-state index contributed by atoms with van der Waals surface area (Å²) in [6, 6.07) is 3.59. The molecule has 2 N–H and O–H groups in total. The second-order valence-corrected chi connectivity index (χ2v) is 8.26. The summed E-state index contributed by atoms with van der Waals surface area (Å²) in [5.41, 5.74) is 3.60. The molecule has 31 heavy (non-hydrogen) atoms. The third-order valence-electron chi connectivity index (χ3n) is 5.65. The normalized spacial score (nSPS) is 18.3. The number of hydrogen-bond donors (Lipinski definition) is 2. The smallest absolute Gasteiger partial charge is 0.337 e. The van der Waals surface area contributed by atoms with Crippen LogP contribution in [0.4, 0.5) is 0 Å². The minimum absolute atomic E-state index is 0.0767. The summed E-state index contributed by atoms with van der Waals surface area (Å²) < 4.78 is 11.0. The monoisotopic (exact) mass is 430 g/mol. The topological polar surface area (TPSA) is 93.1 Å².